The first-order valence-corrected chi connectivity index (χ1v) is 10.5. The molecule has 1 atom stereocenters. The maximum absolute atomic E-state index is 12.5. The largest absolute Gasteiger partial charge is 0.484 e. The second kappa shape index (κ2) is 8.54. The summed E-state index contributed by atoms with van der Waals surface area (Å²) < 4.78 is 32.0. The lowest BCUT2D eigenvalue weighted by atomic mass is 10.1. The van der Waals surface area contributed by atoms with E-state index in [0.29, 0.717) is 18.8 Å². The average molecular weight is 388 g/mol. The third-order valence-corrected chi connectivity index (χ3v) is 6.49. The highest BCUT2D eigenvalue weighted by Crippen LogP contribution is 2.23. The van der Waals surface area contributed by atoms with Crippen LogP contribution in [-0.2, 0) is 14.8 Å². The van der Waals surface area contributed by atoms with Gasteiger partial charge in [-0.1, -0.05) is 30.3 Å². The number of hydrogen-bond acceptors (Lipinski definition) is 4. The molecule has 0 radical (unpaired) electrons. The molecule has 1 N–H and O–H groups in total. The Morgan fingerprint density at radius 2 is 1.70 bits per heavy atom. The minimum absolute atomic E-state index is 0.115. The van der Waals surface area contributed by atoms with Crippen molar-refractivity contribution in [3.63, 3.8) is 0 Å². The van der Waals surface area contributed by atoms with Crippen molar-refractivity contribution in [2.24, 2.45) is 0 Å². The Morgan fingerprint density at radius 1 is 1.07 bits per heavy atom. The molecule has 0 saturated carbocycles. The van der Waals surface area contributed by atoms with E-state index in [0.717, 1.165) is 18.4 Å². The Morgan fingerprint density at radius 3 is 2.33 bits per heavy atom. The van der Waals surface area contributed by atoms with Crippen molar-refractivity contribution in [2.75, 3.05) is 19.7 Å². The third-order valence-electron chi connectivity index (χ3n) is 4.57. The summed E-state index contributed by atoms with van der Waals surface area (Å²) in [5.41, 5.74) is 1.02. The Bertz CT molecular complexity index is 861. The second-order valence-electron chi connectivity index (χ2n) is 6.57. The summed E-state index contributed by atoms with van der Waals surface area (Å²) >= 11 is 0. The normalized spacial score (nSPS) is 16.0. The van der Waals surface area contributed by atoms with Crippen LogP contribution in [0.5, 0.6) is 5.75 Å². The number of nitrogens with zero attached hydrogens (tertiary/aromatic N) is 1. The van der Waals surface area contributed by atoms with Crippen LogP contribution in [0, 0.1) is 0 Å². The molecule has 1 fully saturated rings. The van der Waals surface area contributed by atoms with Crippen LogP contribution in [0.3, 0.4) is 0 Å². The van der Waals surface area contributed by atoms with E-state index in [1.165, 1.54) is 16.4 Å². The van der Waals surface area contributed by atoms with Crippen molar-refractivity contribution in [2.45, 2.75) is 30.7 Å². The van der Waals surface area contributed by atoms with Gasteiger partial charge in [0.2, 0.25) is 10.0 Å². The fourth-order valence-electron chi connectivity index (χ4n) is 3.04. The van der Waals surface area contributed by atoms with Gasteiger partial charge in [-0.2, -0.15) is 4.31 Å². The van der Waals surface area contributed by atoms with E-state index in [1.807, 2.05) is 37.3 Å². The highest BCUT2D eigenvalue weighted by atomic mass is 32.2. The lowest BCUT2D eigenvalue weighted by Gasteiger charge is -2.16. The van der Waals surface area contributed by atoms with Crippen LogP contribution in [0.2, 0.25) is 0 Å². The van der Waals surface area contributed by atoms with Gasteiger partial charge in [-0.25, -0.2) is 8.42 Å². The molecular weight excluding hydrogens is 364 g/mol. The first-order valence-electron chi connectivity index (χ1n) is 9.04. The summed E-state index contributed by atoms with van der Waals surface area (Å²) in [5.74, 6) is 0.220. The number of amides is 1. The highest BCUT2D eigenvalue weighted by Gasteiger charge is 2.26. The number of nitrogens with one attached hydrogen (secondary N) is 1. The number of hydrogen-bond donors (Lipinski definition) is 1. The quantitative estimate of drug-likeness (QED) is 0.791. The van der Waals surface area contributed by atoms with Crippen molar-refractivity contribution in [3.05, 3.63) is 60.2 Å². The number of carbonyl (C=O) groups is 1. The first-order chi connectivity index (χ1) is 13.0. The van der Waals surface area contributed by atoms with Gasteiger partial charge in [0.15, 0.2) is 6.61 Å². The summed E-state index contributed by atoms with van der Waals surface area (Å²) in [6, 6.07) is 15.8. The van der Waals surface area contributed by atoms with E-state index in [9.17, 15) is 13.2 Å². The van der Waals surface area contributed by atoms with Crippen LogP contribution in [0.1, 0.15) is 31.4 Å². The van der Waals surface area contributed by atoms with Gasteiger partial charge in [0.1, 0.15) is 5.75 Å². The van der Waals surface area contributed by atoms with Crippen molar-refractivity contribution < 1.29 is 17.9 Å². The molecule has 6 nitrogen and oxygen atoms in total. The maximum atomic E-state index is 12.5. The molecule has 2 aromatic carbocycles. The average Bonchev–Trinajstić information content (AvgIpc) is 3.23. The molecule has 7 heteroatoms. The molecular formula is C20H24N2O4S. The first kappa shape index (κ1) is 19.4. The summed E-state index contributed by atoms with van der Waals surface area (Å²) in [6.45, 7) is 2.92. The fourth-order valence-corrected chi connectivity index (χ4v) is 4.56. The van der Waals surface area contributed by atoms with Crippen LogP contribution in [0.25, 0.3) is 0 Å². The topological polar surface area (TPSA) is 75.7 Å². The number of rotatable bonds is 7. The summed E-state index contributed by atoms with van der Waals surface area (Å²) in [6.07, 6.45) is 1.80. The molecule has 2 aromatic rings. The summed E-state index contributed by atoms with van der Waals surface area (Å²) in [4.78, 5) is 12.3. The summed E-state index contributed by atoms with van der Waals surface area (Å²) in [5, 5.41) is 2.87. The smallest absolute Gasteiger partial charge is 0.258 e. The van der Waals surface area contributed by atoms with E-state index in [2.05, 4.69) is 5.32 Å². The second-order valence-corrected chi connectivity index (χ2v) is 8.51. The maximum Gasteiger partial charge on any atom is 0.258 e. The Labute approximate surface area is 160 Å². The number of carbonyl (C=O) groups excluding carboxylic acids is 1. The minimum atomic E-state index is -3.43. The molecule has 144 valence electrons. The van der Waals surface area contributed by atoms with Crippen molar-refractivity contribution in [1.82, 2.24) is 9.62 Å². The van der Waals surface area contributed by atoms with Crippen molar-refractivity contribution in [1.29, 1.82) is 0 Å². The zero-order valence-corrected chi connectivity index (χ0v) is 16.1. The number of ether oxygens (including phenoxy) is 1. The van der Waals surface area contributed by atoms with Crippen LogP contribution in [-0.4, -0.2) is 38.3 Å². The monoisotopic (exact) mass is 388 g/mol. The Kier molecular flexibility index (Phi) is 6.13. The lowest BCUT2D eigenvalue weighted by molar-refractivity contribution is -0.123. The van der Waals surface area contributed by atoms with E-state index in [1.54, 1.807) is 12.1 Å². The van der Waals surface area contributed by atoms with Crippen LogP contribution in [0.4, 0.5) is 0 Å². The summed E-state index contributed by atoms with van der Waals surface area (Å²) in [7, 11) is -3.43. The van der Waals surface area contributed by atoms with Gasteiger partial charge in [0.05, 0.1) is 10.9 Å². The standard InChI is InChI=1S/C20H24N2O4S/c1-16(17-7-3-2-4-8-17)21-20(23)15-26-18-9-11-19(12-10-18)27(24,25)22-13-5-6-14-22/h2-4,7-12,16H,5-6,13-15H2,1H3,(H,21,23)/t16-/m0/s1. The zero-order chi connectivity index (χ0) is 19.3. The van der Waals surface area contributed by atoms with Gasteiger partial charge in [0.25, 0.3) is 5.91 Å². The van der Waals surface area contributed by atoms with Crippen molar-refractivity contribution in [3.8, 4) is 5.75 Å². The molecule has 27 heavy (non-hydrogen) atoms. The van der Waals surface area contributed by atoms with Gasteiger partial charge in [-0.05, 0) is 49.6 Å². The predicted octanol–water partition coefficient (Wildman–Crippen LogP) is 2.73. The molecule has 1 heterocycles. The molecule has 1 amide bonds. The van der Waals surface area contributed by atoms with Gasteiger partial charge >= 0.3 is 0 Å². The molecule has 1 saturated heterocycles. The highest BCUT2D eigenvalue weighted by molar-refractivity contribution is 7.89. The van der Waals surface area contributed by atoms with E-state index >= 15 is 0 Å². The molecule has 1 aliphatic heterocycles. The van der Waals surface area contributed by atoms with Crippen LogP contribution >= 0.6 is 0 Å². The third kappa shape index (κ3) is 4.87. The van der Waals surface area contributed by atoms with Crippen LogP contribution in [0.15, 0.2) is 59.5 Å². The number of benzene rings is 2. The molecule has 1 aliphatic rings. The molecule has 0 aromatic heterocycles. The van der Waals surface area contributed by atoms with E-state index in [-0.39, 0.29) is 23.5 Å². The predicted molar refractivity (Wildman–Crippen MR) is 103 cm³/mol. The molecule has 3 rings (SSSR count). The molecule has 0 unspecified atom stereocenters. The molecule has 0 bridgehead atoms. The number of sulfonamides is 1. The van der Waals surface area contributed by atoms with Crippen molar-refractivity contribution >= 4 is 15.9 Å². The lowest BCUT2D eigenvalue weighted by Crippen LogP contribution is -2.31. The van der Waals surface area contributed by atoms with Gasteiger partial charge in [-0.3, -0.25) is 4.79 Å². The van der Waals surface area contributed by atoms with E-state index < -0.39 is 10.0 Å². The fraction of sp³-hybridized carbons (Fsp3) is 0.350. The Hall–Kier alpha value is -2.38. The zero-order valence-electron chi connectivity index (χ0n) is 15.3. The van der Waals surface area contributed by atoms with Gasteiger partial charge < -0.3 is 10.1 Å². The molecule has 0 aliphatic carbocycles. The molecule has 0 spiro atoms. The van der Waals surface area contributed by atoms with E-state index in [4.69, 9.17) is 4.74 Å². The SMILES string of the molecule is C[C@H](NC(=O)COc1ccc(S(=O)(=O)N2CCCC2)cc1)c1ccccc1. The van der Waals surface area contributed by atoms with Gasteiger partial charge in [-0.15, -0.1) is 0 Å². The van der Waals surface area contributed by atoms with Gasteiger partial charge in [0, 0.05) is 13.1 Å². The Balaban J connectivity index is 1.53. The van der Waals surface area contributed by atoms with Crippen LogP contribution < -0.4 is 10.1 Å². The minimum Gasteiger partial charge on any atom is -0.484 e.